The number of methoxy groups -OCH3 is 1. The molecule has 5 heteroatoms. The highest BCUT2D eigenvalue weighted by molar-refractivity contribution is 6.04. The zero-order chi connectivity index (χ0) is 16.9. The van der Waals surface area contributed by atoms with Crippen LogP contribution in [0.4, 0.5) is 5.69 Å². The zero-order valence-corrected chi connectivity index (χ0v) is 13.7. The first-order valence-corrected chi connectivity index (χ1v) is 7.67. The molecular weight excluding hydrogens is 302 g/mol. The van der Waals surface area contributed by atoms with Gasteiger partial charge in [-0.05, 0) is 36.8 Å². The third-order valence-corrected chi connectivity index (χ3v) is 3.68. The van der Waals surface area contributed by atoms with E-state index in [1.807, 2.05) is 61.7 Å². The summed E-state index contributed by atoms with van der Waals surface area (Å²) in [6.45, 7) is 2.60. The Labute approximate surface area is 140 Å². The molecule has 0 radical (unpaired) electrons. The van der Waals surface area contributed by atoms with Crippen molar-refractivity contribution >= 4 is 11.6 Å². The molecule has 0 saturated heterocycles. The highest BCUT2D eigenvalue weighted by Gasteiger charge is 2.07. The van der Waals surface area contributed by atoms with Crippen molar-refractivity contribution in [3.8, 4) is 5.75 Å². The van der Waals surface area contributed by atoms with Gasteiger partial charge in [0.25, 0.3) is 5.91 Å². The van der Waals surface area contributed by atoms with Gasteiger partial charge in [-0.1, -0.05) is 29.8 Å². The SMILES string of the molecule is COc1cccc(Cn2cc(NC(=O)c3ccc(C)cc3)cn2)c1. The van der Waals surface area contributed by atoms with Crippen LogP contribution >= 0.6 is 0 Å². The molecule has 24 heavy (non-hydrogen) atoms. The maximum absolute atomic E-state index is 12.2. The number of hydrogen-bond donors (Lipinski definition) is 1. The molecule has 0 fully saturated rings. The number of aromatic nitrogens is 2. The number of nitrogens with zero attached hydrogens (tertiary/aromatic N) is 2. The van der Waals surface area contributed by atoms with E-state index >= 15 is 0 Å². The monoisotopic (exact) mass is 321 g/mol. The van der Waals surface area contributed by atoms with E-state index in [9.17, 15) is 4.79 Å². The Morgan fingerprint density at radius 1 is 1.21 bits per heavy atom. The minimum atomic E-state index is -0.143. The molecule has 5 nitrogen and oxygen atoms in total. The summed E-state index contributed by atoms with van der Waals surface area (Å²) in [5.41, 5.74) is 3.50. The van der Waals surface area contributed by atoms with Crippen molar-refractivity contribution in [3.63, 3.8) is 0 Å². The van der Waals surface area contributed by atoms with Crippen molar-refractivity contribution in [2.45, 2.75) is 13.5 Å². The number of amides is 1. The van der Waals surface area contributed by atoms with E-state index in [1.165, 1.54) is 0 Å². The van der Waals surface area contributed by atoms with Gasteiger partial charge in [0, 0.05) is 11.8 Å². The molecule has 1 N–H and O–H groups in total. The molecule has 0 bridgehead atoms. The van der Waals surface area contributed by atoms with Crippen LogP contribution in [0.2, 0.25) is 0 Å². The van der Waals surface area contributed by atoms with E-state index in [-0.39, 0.29) is 5.91 Å². The summed E-state index contributed by atoms with van der Waals surface area (Å²) in [6.07, 6.45) is 3.46. The lowest BCUT2D eigenvalue weighted by Gasteiger charge is -2.05. The summed E-state index contributed by atoms with van der Waals surface area (Å²) < 4.78 is 7.00. The van der Waals surface area contributed by atoms with Crippen LogP contribution in [0, 0.1) is 6.92 Å². The Balaban J connectivity index is 1.66. The van der Waals surface area contributed by atoms with Gasteiger partial charge in [-0.3, -0.25) is 9.48 Å². The Morgan fingerprint density at radius 3 is 2.75 bits per heavy atom. The largest absolute Gasteiger partial charge is 0.497 e. The van der Waals surface area contributed by atoms with Gasteiger partial charge in [-0.2, -0.15) is 5.10 Å². The summed E-state index contributed by atoms with van der Waals surface area (Å²) in [5, 5.41) is 7.15. The average molecular weight is 321 g/mol. The summed E-state index contributed by atoms with van der Waals surface area (Å²) in [5.74, 6) is 0.670. The predicted molar refractivity (Wildman–Crippen MR) is 93.5 cm³/mol. The molecule has 0 aliphatic carbocycles. The van der Waals surface area contributed by atoms with E-state index in [4.69, 9.17) is 4.74 Å². The Morgan fingerprint density at radius 2 is 2.00 bits per heavy atom. The number of carbonyl (C=O) groups is 1. The fourth-order valence-electron chi connectivity index (χ4n) is 2.38. The number of aryl methyl sites for hydroxylation is 1. The second-order valence-corrected chi connectivity index (χ2v) is 5.60. The number of carbonyl (C=O) groups excluding carboxylic acids is 1. The predicted octanol–water partition coefficient (Wildman–Crippen LogP) is 3.50. The lowest BCUT2D eigenvalue weighted by molar-refractivity contribution is 0.102. The van der Waals surface area contributed by atoms with Gasteiger partial charge in [0.15, 0.2) is 0 Å². The zero-order valence-electron chi connectivity index (χ0n) is 13.7. The molecule has 3 rings (SSSR count). The van der Waals surface area contributed by atoms with Crippen molar-refractivity contribution in [3.05, 3.63) is 77.6 Å². The molecule has 2 aromatic carbocycles. The molecule has 1 amide bonds. The number of rotatable bonds is 5. The molecule has 3 aromatic rings. The number of anilines is 1. The first-order chi connectivity index (χ1) is 11.6. The molecule has 0 atom stereocenters. The summed E-state index contributed by atoms with van der Waals surface area (Å²) >= 11 is 0. The topological polar surface area (TPSA) is 56.1 Å². The smallest absolute Gasteiger partial charge is 0.255 e. The van der Waals surface area contributed by atoms with Crippen LogP contribution in [-0.4, -0.2) is 22.8 Å². The van der Waals surface area contributed by atoms with Crippen LogP contribution in [0.25, 0.3) is 0 Å². The highest BCUT2D eigenvalue weighted by Crippen LogP contribution is 2.15. The lowest BCUT2D eigenvalue weighted by Crippen LogP contribution is -2.11. The second kappa shape index (κ2) is 7.00. The fraction of sp³-hybridized carbons (Fsp3) is 0.158. The lowest BCUT2D eigenvalue weighted by atomic mass is 10.1. The maximum atomic E-state index is 12.2. The summed E-state index contributed by atoms with van der Waals surface area (Å²) in [4.78, 5) is 12.2. The average Bonchev–Trinajstić information content (AvgIpc) is 3.02. The Hall–Kier alpha value is -3.08. The van der Waals surface area contributed by atoms with E-state index in [0.29, 0.717) is 17.8 Å². The van der Waals surface area contributed by atoms with E-state index in [1.54, 1.807) is 18.0 Å². The van der Waals surface area contributed by atoms with Gasteiger partial charge < -0.3 is 10.1 Å². The fourth-order valence-corrected chi connectivity index (χ4v) is 2.38. The van der Waals surface area contributed by atoms with Gasteiger partial charge in [0.05, 0.1) is 25.5 Å². The van der Waals surface area contributed by atoms with Gasteiger partial charge in [-0.25, -0.2) is 0 Å². The van der Waals surface area contributed by atoms with Gasteiger partial charge in [-0.15, -0.1) is 0 Å². The van der Waals surface area contributed by atoms with E-state index < -0.39 is 0 Å². The summed E-state index contributed by atoms with van der Waals surface area (Å²) in [7, 11) is 1.64. The molecule has 0 spiro atoms. The van der Waals surface area contributed by atoms with Crippen LogP contribution < -0.4 is 10.1 Å². The standard InChI is InChI=1S/C19H19N3O2/c1-14-6-8-16(9-7-14)19(23)21-17-11-20-22(13-17)12-15-4-3-5-18(10-15)24-2/h3-11,13H,12H2,1-2H3,(H,21,23). The summed E-state index contributed by atoms with van der Waals surface area (Å²) in [6, 6.07) is 15.3. The van der Waals surface area contributed by atoms with Crippen LogP contribution in [0.5, 0.6) is 5.75 Å². The quantitative estimate of drug-likeness (QED) is 0.782. The third kappa shape index (κ3) is 3.81. The van der Waals surface area contributed by atoms with Crippen molar-refractivity contribution in [1.29, 1.82) is 0 Å². The number of hydrogen-bond acceptors (Lipinski definition) is 3. The van der Waals surface area contributed by atoms with Gasteiger partial charge in [0.2, 0.25) is 0 Å². The number of ether oxygens (including phenoxy) is 1. The molecule has 1 heterocycles. The molecule has 0 saturated carbocycles. The maximum Gasteiger partial charge on any atom is 0.255 e. The van der Waals surface area contributed by atoms with Crippen molar-refractivity contribution in [1.82, 2.24) is 9.78 Å². The van der Waals surface area contributed by atoms with Crippen molar-refractivity contribution in [2.24, 2.45) is 0 Å². The van der Waals surface area contributed by atoms with Gasteiger partial charge in [0.1, 0.15) is 5.75 Å². The molecule has 0 aliphatic rings. The molecule has 122 valence electrons. The molecular formula is C19H19N3O2. The van der Waals surface area contributed by atoms with E-state index in [0.717, 1.165) is 16.9 Å². The number of nitrogens with one attached hydrogen (secondary N) is 1. The van der Waals surface area contributed by atoms with Crippen LogP contribution in [-0.2, 0) is 6.54 Å². The molecule has 1 aromatic heterocycles. The minimum Gasteiger partial charge on any atom is -0.497 e. The minimum absolute atomic E-state index is 0.143. The third-order valence-electron chi connectivity index (χ3n) is 3.68. The van der Waals surface area contributed by atoms with Crippen LogP contribution in [0.3, 0.4) is 0 Å². The van der Waals surface area contributed by atoms with Gasteiger partial charge >= 0.3 is 0 Å². The first kappa shape index (κ1) is 15.8. The van der Waals surface area contributed by atoms with Crippen LogP contribution in [0.15, 0.2) is 60.9 Å². The normalized spacial score (nSPS) is 10.4. The van der Waals surface area contributed by atoms with Crippen molar-refractivity contribution < 1.29 is 9.53 Å². The molecule has 0 unspecified atom stereocenters. The van der Waals surface area contributed by atoms with E-state index in [2.05, 4.69) is 10.4 Å². The van der Waals surface area contributed by atoms with Crippen LogP contribution in [0.1, 0.15) is 21.5 Å². The highest BCUT2D eigenvalue weighted by atomic mass is 16.5. The Bertz CT molecular complexity index is 838. The van der Waals surface area contributed by atoms with Crippen molar-refractivity contribution in [2.75, 3.05) is 12.4 Å². The first-order valence-electron chi connectivity index (χ1n) is 7.67. The Kier molecular flexibility index (Phi) is 4.61. The molecule has 0 aliphatic heterocycles. The second-order valence-electron chi connectivity index (χ2n) is 5.60. The number of benzene rings is 2.